The fraction of sp³-hybridized carbons (Fsp3) is 0.529. The van der Waals surface area contributed by atoms with E-state index in [2.05, 4.69) is 56.9 Å². The minimum Gasteiger partial charge on any atom is -0.502 e. The van der Waals surface area contributed by atoms with Gasteiger partial charge >= 0.3 is 0 Å². The molecule has 1 atom stereocenters. The number of ether oxygens (including phenoxy) is 1. The summed E-state index contributed by atoms with van der Waals surface area (Å²) in [5.41, 5.74) is 2.77. The quantitative estimate of drug-likeness (QED) is 0.534. The van der Waals surface area contributed by atoms with Crippen LogP contribution in [0.5, 0.6) is 0 Å². The van der Waals surface area contributed by atoms with Crippen molar-refractivity contribution < 1.29 is 4.74 Å². The number of hydrogen-bond acceptors (Lipinski definition) is 2. The van der Waals surface area contributed by atoms with Gasteiger partial charge < -0.3 is 10.1 Å². The predicted octanol–water partition coefficient (Wildman–Crippen LogP) is 4.09. The molecule has 0 aliphatic carbocycles. The van der Waals surface area contributed by atoms with Crippen molar-refractivity contribution in [2.24, 2.45) is 5.92 Å². The van der Waals surface area contributed by atoms with Gasteiger partial charge in [0.15, 0.2) is 0 Å². The van der Waals surface area contributed by atoms with Crippen molar-refractivity contribution in [3.8, 4) is 0 Å². The number of nitrogens with one attached hydrogen (secondary N) is 1. The standard InChI is InChI=1S/C17H27NO/c1-5-19-12-6-11-18-15(4)17-9-7-16(8-10-17)13-14(2)3/h5,7-10,14-15,18H,1,6,11-13H2,2-4H3. The van der Waals surface area contributed by atoms with Crippen LogP contribution in [-0.2, 0) is 11.2 Å². The van der Waals surface area contributed by atoms with Crippen LogP contribution in [0.4, 0.5) is 0 Å². The molecule has 0 aliphatic heterocycles. The van der Waals surface area contributed by atoms with Crippen LogP contribution >= 0.6 is 0 Å². The Morgan fingerprint density at radius 2 is 1.89 bits per heavy atom. The van der Waals surface area contributed by atoms with E-state index in [4.69, 9.17) is 4.74 Å². The van der Waals surface area contributed by atoms with Crippen LogP contribution < -0.4 is 5.32 Å². The summed E-state index contributed by atoms with van der Waals surface area (Å²) in [6, 6.07) is 9.34. The molecule has 0 fully saturated rings. The number of rotatable bonds is 9. The molecule has 1 aromatic rings. The molecular weight excluding hydrogens is 234 g/mol. The van der Waals surface area contributed by atoms with E-state index in [9.17, 15) is 0 Å². The Kier molecular flexibility index (Phi) is 7.27. The Morgan fingerprint density at radius 3 is 2.47 bits per heavy atom. The summed E-state index contributed by atoms with van der Waals surface area (Å²) in [6.07, 6.45) is 3.65. The maximum absolute atomic E-state index is 5.10. The van der Waals surface area contributed by atoms with Crippen LogP contribution in [0.2, 0.25) is 0 Å². The molecule has 0 amide bonds. The molecule has 106 valence electrons. The van der Waals surface area contributed by atoms with Gasteiger partial charge in [-0.05, 0) is 43.4 Å². The lowest BCUT2D eigenvalue weighted by atomic mass is 10.00. The molecule has 1 N–H and O–H groups in total. The van der Waals surface area contributed by atoms with Crippen molar-refractivity contribution in [2.75, 3.05) is 13.2 Å². The molecule has 2 nitrogen and oxygen atoms in total. The molecule has 0 saturated carbocycles. The van der Waals surface area contributed by atoms with Crippen LogP contribution in [0.25, 0.3) is 0 Å². The van der Waals surface area contributed by atoms with Gasteiger partial charge in [0.05, 0.1) is 12.9 Å². The zero-order valence-corrected chi connectivity index (χ0v) is 12.5. The second kappa shape index (κ2) is 8.76. The van der Waals surface area contributed by atoms with Crippen molar-refractivity contribution >= 4 is 0 Å². The molecule has 0 spiro atoms. The fourth-order valence-electron chi connectivity index (χ4n) is 2.09. The van der Waals surface area contributed by atoms with Crippen molar-refractivity contribution in [3.63, 3.8) is 0 Å². The van der Waals surface area contributed by atoms with E-state index in [0.717, 1.165) is 26.0 Å². The summed E-state index contributed by atoms with van der Waals surface area (Å²) < 4.78 is 5.10. The van der Waals surface area contributed by atoms with E-state index < -0.39 is 0 Å². The van der Waals surface area contributed by atoms with Gasteiger partial charge in [-0.15, -0.1) is 0 Å². The van der Waals surface area contributed by atoms with E-state index >= 15 is 0 Å². The summed E-state index contributed by atoms with van der Waals surface area (Å²) >= 11 is 0. The van der Waals surface area contributed by atoms with Gasteiger partial charge in [0.1, 0.15) is 0 Å². The Labute approximate surface area is 117 Å². The Balaban J connectivity index is 2.35. The highest BCUT2D eigenvalue weighted by atomic mass is 16.5. The molecule has 1 unspecified atom stereocenters. The van der Waals surface area contributed by atoms with E-state index in [1.54, 1.807) is 0 Å². The summed E-state index contributed by atoms with van der Waals surface area (Å²) in [4.78, 5) is 0. The molecule has 19 heavy (non-hydrogen) atoms. The largest absolute Gasteiger partial charge is 0.502 e. The molecule has 0 aliphatic rings. The monoisotopic (exact) mass is 261 g/mol. The molecule has 0 saturated heterocycles. The van der Waals surface area contributed by atoms with Crippen LogP contribution in [0.3, 0.4) is 0 Å². The van der Waals surface area contributed by atoms with Gasteiger partial charge in [0.25, 0.3) is 0 Å². The summed E-state index contributed by atoms with van der Waals surface area (Å²) in [6.45, 7) is 11.9. The van der Waals surface area contributed by atoms with E-state index in [0.29, 0.717) is 12.0 Å². The van der Waals surface area contributed by atoms with Gasteiger partial charge in [-0.2, -0.15) is 0 Å². The van der Waals surface area contributed by atoms with Crippen molar-refractivity contribution in [2.45, 2.75) is 39.7 Å². The zero-order chi connectivity index (χ0) is 14.1. The number of hydrogen-bond donors (Lipinski definition) is 1. The first-order chi connectivity index (χ1) is 9.13. The molecule has 1 aromatic carbocycles. The maximum Gasteiger partial charge on any atom is 0.0885 e. The van der Waals surface area contributed by atoms with Crippen LogP contribution in [0.15, 0.2) is 37.1 Å². The molecule has 0 radical (unpaired) electrons. The lowest BCUT2D eigenvalue weighted by molar-refractivity contribution is 0.243. The SMILES string of the molecule is C=COCCCNC(C)c1ccc(CC(C)C)cc1. The first kappa shape index (κ1) is 15.8. The van der Waals surface area contributed by atoms with Gasteiger partial charge in [-0.3, -0.25) is 0 Å². The average molecular weight is 261 g/mol. The van der Waals surface area contributed by atoms with E-state index in [1.165, 1.54) is 17.4 Å². The smallest absolute Gasteiger partial charge is 0.0885 e. The van der Waals surface area contributed by atoms with Gasteiger partial charge in [-0.1, -0.05) is 44.7 Å². The second-order valence-corrected chi connectivity index (χ2v) is 5.41. The van der Waals surface area contributed by atoms with Crippen LogP contribution in [0, 0.1) is 5.92 Å². The third-order valence-electron chi connectivity index (χ3n) is 3.13. The molecule has 0 bridgehead atoms. The summed E-state index contributed by atoms with van der Waals surface area (Å²) in [7, 11) is 0. The lowest BCUT2D eigenvalue weighted by Crippen LogP contribution is -2.20. The minimum atomic E-state index is 0.386. The van der Waals surface area contributed by atoms with Gasteiger partial charge in [-0.25, -0.2) is 0 Å². The van der Waals surface area contributed by atoms with Crippen molar-refractivity contribution in [1.29, 1.82) is 0 Å². The van der Waals surface area contributed by atoms with Crippen LogP contribution in [0.1, 0.15) is 44.4 Å². The number of benzene rings is 1. The highest BCUT2D eigenvalue weighted by molar-refractivity contribution is 5.25. The average Bonchev–Trinajstić information content (AvgIpc) is 2.38. The van der Waals surface area contributed by atoms with Gasteiger partial charge in [0.2, 0.25) is 0 Å². The third-order valence-corrected chi connectivity index (χ3v) is 3.13. The Hall–Kier alpha value is -1.28. The molecule has 2 heteroatoms. The third kappa shape index (κ3) is 6.44. The minimum absolute atomic E-state index is 0.386. The molecule has 1 rings (SSSR count). The topological polar surface area (TPSA) is 21.3 Å². The molecular formula is C17H27NO. The maximum atomic E-state index is 5.10. The lowest BCUT2D eigenvalue weighted by Gasteiger charge is -2.15. The fourth-order valence-corrected chi connectivity index (χ4v) is 2.09. The predicted molar refractivity (Wildman–Crippen MR) is 82.2 cm³/mol. The normalized spacial score (nSPS) is 12.4. The highest BCUT2D eigenvalue weighted by Crippen LogP contribution is 2.15. The van der Waals surface area contributed by atoms with Gasteiger partial charge in [0, 0.05) is 6.04 Å². The van der Waals surface area contributed by atoms with E-state index in [1.807, 2.05) is 0 Å². The Morgan fingerprint density at radius 1 is 1.21 bits per heavy atom. The van der Waals surface area contributed by atoms with Crippen molar-refractivity contribution in [1.82, 2.24) is 5.32 Å². The van der Waals surface area contributed by atoms with Crippen LogP contribution in [-0.4, -0.2) is 13.2 Å². The summed E-state index contributed by atoms with van der Waals surface area (Å²) in [5.74, 6) is 0.714. The first-order valence-corrected chi connectivity index (χ1v) is 7.18. The van der Waals surface area contributed by atoms with Crippen molar-refractivity contribution in [3.05, 3.63) is 48.2 Å². The molecule has 0 aromatic heterocycles. The first-order valence-electron chi connectivity index (χ1n) is 7.18. The second-order valence-electron chi connectivity index (χ2n) is 5.41. The summed E-state index contributed by atoms with van der Waals surface area (Å²) in [5, 5.41) is 3.50. The highest BCUT2D eigenvalue weighted by Gasteiger charge is 2.04. The zero-order valence-electron chi connectivity index (χ0n) is 12.5. The molecule has 0 heterocycles. The van der Waals surface area contributed by atoms with E-state index in [-0.39, 0.29) is 0 Å². The Bertz CT molecular complexity index is 356.